The summed E-state index contributed by atoms with van der Waals surface area (Å²) in [5, 5.41) is 22.2. The molecule has 3 N–H and O–H groups in total. The monoisotopic (exact) mass is 283 g/mol. The number of hydrogen-bond donors (Lipinski definition) is 3. The van der Waals surface area contributed by atoms with E-state index in [2.05, 4.69) is 5.32 Å². The van der Waals surface area contributed by atoms with E-state index < -0.39 is 12.2 Å². The number of hydrogen-bond acceptors (Lipinski definition) is 5. The van der Waals surface area contributed by atoms with E-state index in [0.29, 0.717) is 13.1 Å². The first-order chi connectivity index (χ1) is 9.52. The first kappa shape index (κ1) is 16.9. The number of benzene rings is 1. The molecule has 20 heavy (non-hydrogen) atoms. The Labute approximate surface area is 120 Å². The van der Waals surface area contributed by atoms with Crippen LogP contribution in [0.25, 0.3) is 0 Å². The van der Waals surface area contributed by atoms with E-state index in [1.165, 1.54) is 12.7 Å². The Morgan fingerprint density at radius 2 is 1.75 bits per heavy atom. The van der Waals surface area contributed by atoms with Gasteiger partial charge in [0.2, 0.25) is 0 Å². The Hall–Kier alpha value is -1.14. The highest BCUT2D eigenvalue weighted by molar-refractivity contribution is 5.35. The van der Waals surface area contributed by atoms with Gasteiger partial charge in [0.05, 0.1) is 12.7 Å². The van der Waals surface area contributed by atoms with Gasteiger partial charge in [0.25, 0.3) is 0 Å². The summed E-state index contributed by atoms with van der Waals surface area (Å²) in [5.74, 6) is 0.786. The minimum Gasteiger partial charge on any atom is -0.491 e. The second-order valence-electron chi connectivity index (χ2n) is 5.00. The van der Waals surface area contributed by atoms with E-state index in [1.807, 2.05) is 32.0 Å². The molecule has 0 bridgehead atoms. The molecule has 2 unspecified atom stereocenters. The molecule has 0 radical (unpaired) electrons. The van der Waals surface area contributed by atoms with Crippen molar-refractivity contribution in [3.63, 3.8) is 0 Å². The number of ether oxygens (including phenoxy) is 2. The van der Waals surface area contributed by atoms with Gasteiger partial charge < -0.3 is 25.0 Å². The molecule has 0 saturated heterocycles. The number of aliphatic hydroxyl groups excluding tert-OH is 2. The minimum atomic E-state index is -0.620. The fourth-order valence-corrected chi connectivity index (χ4v) is 1.87. The maximum Gasteiger partial charge on any atom is 0.122 e. The highest BCUT2D eigenvalue weighted by atomic mass is 16.5. The van der Waals surface area contributed by atoms with Crippen molar-refractivity contribution in [1.82, 2.24) is 5.32 Å². The van der Waals surface area contributed by atoms with Crippen LogP contribution in [0.15, 0.2) is 18.2 Å². The lowest BCUT2D eigenvalue weighted by molar-refractivity contribution is 0.0582. The fourth-order valence-electron chi connectivity index (χ4n) is 1.87. The van der Waals surface area contributed by atoms with E-state index in [0.717, 1.165) is 11.3 Å². The molecule has 0 aliphatic rings. The third kappa shape index (κ3) is 6.34. The Balaban J connectivity index is 2.24. The fraction of sp³-hybridized carbons (Fsp3) is 0.600. The molecule has 1 aromatic rings. The van der Waals surface area contributed by atoms with Gasteiger partial charge in [0.15, 0.2) is 0 Å². The van der Waals surface area contributed by atoms with E-state index >= 15 is 0 Å². The molecule has 0 saturated carbocycles. The molecule has 0 fully saturated rings. The van der Waals surface area contributed by atoms with Gasteiger partial charge in [-0.15, -0.1) is 0 Å². The van der Waals surface area contributed by atoms with Crippen molar-refractivity contribution in [2.45, 2.75) is 26.1 Å². The third-order valence-electron chi connectivity index (χ3n) is 2.88. The molecule has 0 spiro atoms. The van der Waals surface area contributed by atoms with Crippen molar-refractivity contribution >= 4 is 0 Å². The van der Waals surface area contributed by atoms with Crippen LogP contribution in [-0.4, -0.2) is 55.8 Å². The summed E-state index contributed by atoms with van der Waals surface area (Å²) < 4.78 is 10.4. The minimum absolute atomic E-state index is 0.220. The van der Waals surface area contributed by atoms with Crippen molar-refractivity contribution in [2.24, 2.45) is 0 Å². The summed E-state index contributed by atoms with van der Waals surface area (Å²) >= 11 is 0. The third-order valence-corrected chi connectivity index (χ3v) is 2.88. The zero-order valence-electron chi connectivity index (χ0n) is 12.4. The lowest BCUT2D eigenvalue weighted by Crippen LogP contribution is -2.37. The van der Waals surface area contributed by atoms with Crippen LogP contribution in [0, 0.1) is 13.8 Å². The molecular weight excluding hydrogens is 258 g/mol. The first-order valence-electron chi connectivity index (χ1n) is 6.78. The van der Waals surface area contributed by atoms with Gasteiger partial charge in [-0.05, 0) is 25.5 Å². The second kappa shape index (κ2) is 8.92. The predicted molar refractivity (Wildman–Crippen MR) is 78.2 cm³/mol. The Kier molecular flexibility index (Phi) is 7.54. The molecule has 0 aliphatic carbocycles. The van der Waals surface area contributed by atoms with Crippen LogP contribution in [0.2, 0.25) is 0 Å². The van der Waals surface area contributed by atoms with Gasteiger partial charge in [-0.2, -0.15) is 0 Å². The quantitative estimate of drug-likeness (QED) is 0.620. The molecule has 0 amide bonds. The van der Waals surface area contributed by atoms with Gasteiger partial charge in [-0.3, -0.25) is 0 Å². The topological polar surface area (TPSA) is 71.0 Å². The maximum absolute atomic E-state index is 9.80. The van der Waals surface area contributed by atoms with Crippen molar-refractivity contribution in [3.05, 3.63) is 29.3 Å². The molecule has 0 heterocycles. The van der Waals surface area contributed by atoms with Crippen molar-refractivity contribution in [2.75, 3.05) is 33.4 Å². The number of methoxy groups -OCH3 is 1. The summed E-state index contributed by atoms with van der Waals surface area (Å²) in [5.41, 5.74) is 2.24. The molecular formula is C15H25NO4. The Bertz CT molecular complexity index is 397. The zero-order valence-corrected chi connectivity index (χ0v) is 12.4. The van der Waals surface area contributed by atoms with Crippen molar-refractivity contribution < 1.29 is 19.7 Å². The van der Waals surface area contributed by atoms with Gasteiger partial charge in [0, 0.05) is 20.2 Å². The standard InChI is InChI=1S/C15H25NO4/c1-11-4-5-15(12(2)6-11)20-10-14(18)8-16-7-13(17)9-19-3/h4-6,13-14,16-18H,7-10H2,1-3H3. The lowest BCUT2D eigenvalue weighted by atomic mass is 10.1. The van der Waals surface area contributed by atoms with Crippen LogP contribution in [0.4, 0.5) is 0 Å². The smallest absolute Gasteiger partial charge is 0.122 e. The summed E-state index contributed by atoms with van der Waals surface area (Å²) in [7, 11) is 1.54. The summed E-state index contributed by atoms with van der Waals surface area (Å²) in [6.45, 7) is 5.26. The van der Waals surface area contributed by atoms with Crippen molar-refractivity contribution in [3.8, 4) is 5.75 Å². The van der Waals surface area contributed by atoms with E-state index in [-0.39, 0.29) is 13.2 Å². The van der Waals surface area contributed by atoms with Crippen LogP contribution in [0.5, 0.6) is 5.75 Å². The largest absolute Gasteiger partial charge is 0.491 e. The van der Waals surface area contributed by atoms with Crippen molar-refractivity contribution in [1.29, 1.82) is 0 Å². The zero-order chi connectivity index (χ0) is 15.0. The maximum atomic E-state index is 9.80. The van der Waals surface area contributed by atoms with Crippen LogP contribution in [0.1, 0.15) is 11.1 Å². The number of nitrogens with one attached hydrogen (secondary N) is 1. The summed E-state index contributed by atoms with van der Waals surface area (Å²) in [6, 6.07) is 5.93. The van der Waals surface area contributed by atoms with Crippen LogP contribution in [-0.2, 0) is 4.74 Å². The van der Waals surface area contributed by atoms with Gasteiger partial charge >= 0.3 is 0 Å². The van der Waals surface area contributed by atoms with Crippen LogP contribution in [0.3, 0.4) is 0 Å². The SMILES string of the molecule is COCC(O)CNCC(O)COc1ccc(C)cc1C. The second-order valence-corrected chi connectivity index (χ2v) is 5.00. The Morgan fingerprint density at radius 1 is 1.10 bits per heavy atom. The van der Waals surface area contributed by atoms with E-state index in [1.54, 1.807) is 0 Å². The molecule has 2 atom stereocenters. The average Bonchev–Trinajstić information content (AvgIpc) is 2.38. The molecule has 1 rings (SSSR count). The van der Waals surface area contributed by atoms with Gasteiger partial charge in [0.1, 0.15) is 18.5 Å². The number of rotatable bonds is 9. The molecule has 114 valence electrons. The molecule has 0 aliphatic heterocycles. The molecule has 1 aromatic carbocycles. The van der Waals surface area contributed by atoms with Crippen LogP contribution >= 0.6 is 0 Å². The van der Waals surface area contributed by atoms with Gasteiger partial charge in [-0.1, -0.05) is 17.7 Å². The lowest BCUT2D eigenvalue weighted by Gasteiger charge is -2.16. The van der Waals surface area contributed by atoms with Gasteiger partial charge in [-0.25, -0.2) is 0 Å². The summed E-state index contributed by atoms with van der Waals surface area (Å²) in [4.78, 5) is 0. The van der Waals surface area contributed by atoms with Crippen LogP contribution < -0.4 is 10.1 Å². The normalized spacial score (nSPS) is 14.1. The summed E-state index contributed by atoms with van der Waals surface area (Å²) in [6.07, 6.45) is -1.18. The first-order valence-corrected chi connectivity index (χ1v) is 6.78. The average molecular weight is 283 g/mol. The highest BCUT2D eigenvalue weighted by Gasteiger charge is 2.08. The highest BCUT2D eigenvalue weighted by Crippen LogP contribution is 2.18. The number of aliphatic hydroxyl groups is 2. The predicted octanol–water partition coefficient (Wildman–Crippen LogP) is 0.640. The molecule has 0 aromatic heterocycles. The number of aryl methyl sites for hydroxylation is 2. The molecule has 5 heteroatoms. The Morgan fingerprint density at radius 3 is 2.35 bits per heavy atom. The van der Waals surface area contributed by atoms with E-state index in [9.17, 15) is 10.2 Å². The van der Waals surface area contributed by atoms with E-state index in [4.69, 9.17) is 9.47 Å². The molecule has 5 nitrogen and oxygen atoms in total.